The Bertz CT molecular complexity index is 1300. The van der Waals surface area contributed by atoms with Crippen LogP contribution in [0.25, 0.3) is 11.1 Å². The van der Waals surface area contributed by atoms with Crippen molar-refractivity contribution >= 4 is 0 Å². The average molecular weight is 593 g/mol. The summed E-state index contributed by atoms with van der Waals surface area (Å²) in [5.41, 5.74) is -4.27. The van der Waals surface area contributed by atoms with Gasteiger partial charge in [-0.25, -0.2) is 26.3 Å². The summed E-state index contributed by atoms with van der Waals surface area (Å²) in [6.07, 6.45) is -3.11. The number of rotatable bonds is 8. The maximum absolute atomic E-state index is 15.6. The van der Waals surface area contributed by atoms with Crippen molar-refractivity contribution in [2.75, 3.05) is 0 Å². The van der Waals surface area contributed by atoms with Crippen LogP contribution in [0.15, 0.2) is 59.4 Å². The van der Waals surface area contributed by atoms with Crippen molar-refractivity contribution in [1.29, 1.82) is 0 Å². The number of alkyl halides is 5. The molecular formula is C30H29F9O2. The zero-order valence-corrected chi connectivity index (χ0v) is 22.4. The minimum Gasteiger partial charge on any atom is -0.453 e. The average Bonchev–Trinajstić information content (AvgIpc) is 2.92. The van der Waals surface area contributed by atoms with E-state index in [-0.39, 0.29) is 16.9 Å². The summed E-state index contributed by atoms with van der Waals surface area (Å²) in [6.45, 7) is 2.61. The smallest absolute Gasteiger partial charge is 0.453 e. The van der Waals surface area contributed by atoms with Crippen LogP contribution in [-0.4, -0.2) is 18.2 Å². The minimum atomic E-state index is -5.36. The van der Waals surface area contributed by atoms with Crippen LogP contribution in [0.3, 0.4) is 0 Å². The lowest BCUT2D eigenvalue weighted by molar-refractivity contribution is -0.276. The standard InChI is InChI=1S/C30H29F9O2/c1-3-4-7-16-10-12-17(13-11-16)23-24(33)27(34)29(2,36)28(35)26(23)40-22-9-6-5-8-19(22)18-14-20(31)25(21(32)15-18)41-30(37,38)39/h5-6,8-9,14-17,27H,3-4,7,10-13H2,1-2H3/t16?,17?,27-,29-/m0/s1. The van der Waals surface area contributed by atoms with Crippen LogP contribution in [0, 0.1) is 23.5 Å². The molecule has 0 radical (unpaired) electrons. The monoisotopic (exact) mass is 592 g/mol. The molecule has 0 bridgehead atoms. The molecule has 2 aliphatic rings. The summed E-state index contributed by atoms with van der Waals surface area (Å²) in [5.74, 6) is -9.65. The fourth-order valence-electron chi connectivity index (χ4n) is 5.48. The van der Waals surface area contributed by atoms with Crippen LogP contribution in [0.4, 0.5) is 39.5 Å². The van der Waals surface area contributed by atoms with Gasteiger partial charge in [-0.3, -0.25) is 0 Å². The highest BCUT2D eigenvalue weighted by Gasteiger charge is 2.52. The molecule has 0 aromatic heterocycles. The number of hydrogen-bond donors (Lipinski definition) is 0. The molecule has 4 rings (SSSR count). The van der Waals surface area contributed by atoms with Gasteiger partial charge in [0, 0.05) is 11.1 Å². The first-order chi connectivity index (χ1) is 19.2. The Kier molecular flexibility index (Phi) is 9.04. The molecule has 224 valence electrons. The first-order valence-electron chi connectivity index (χ1n) is 13.4. The van der Waals surface area contributed by atoms with Crippen LogP contribution in [0.1, 0.15) is 58.8 Å². The van der Waals surface area contributed by atoms with Gasteiger partial charge in [0.15, 0.2) is 35.1 Å². The van der Waals surface area contributed by atoms with Crippen LogP contribution in [0.2, 0.25) is 0 Å². The lowest BCUT2D eigenvalue weighted by Gasteiger charge is -2.36. The Morgan fingerprint density at radius 1 is 0.951 bits per heavy atom. The van der Waals surface area contributed by atoms with Gasteiger partial charge in [0.25, 0.3) is 0 Å². The number of hydrogen-bond acceptors (Lipinski definition) is 2. The molecule has 0 heterocycles. The molecule has 2 aromatic rings. The fraction of sp³-hybridized carbons (Fsp3) is 0.467. The quantitative estimate of drug-likeness (QED) is 0.284. The highest BCUT2D eigenvalue weighted by molar-refractivity contribution is 5.72. The number of unbranched alkanes of at least 4 members (excludes halogenated alkanes) is 1. The predicted molar refractivity (Wildman–Crippen MR) is 135 cm³/mol. The molecule has 2 atom stereocenters. The topological polar surface area (TPSA) is 18.5 Å². The Morgan fingerprint density at radius 2 is 1.56 bits per heavy atom. The molecule has 41 heavy (non-hydrogen) atoms. The summed E-state index contributed by atoms with van der Waals surface area (Å²) in [6, 6.07) is 6.36. The Hall–Kier alpha value is -3.11. The molecule has 2 aromatic carbocycles. The van der Waals surface area contributed by atoms with Gasteiger partial charge in [-0.15, -0.1) is 13.2 Å². The third-order valence-electron chi connectivity index (χ3n) is 7.68. The van der Waals surface area contributed by atoms with Crippen molar-refractivity contribution in [3.05, 3.63) is 71.0 Å². The van der Waals surface area contributed by atoms with Gasteiger partial charge in [-0.2, -0.15) is 0 Å². The van der Waals surface area contributed by atoms with E-state index in [2.05, 4.69) is 11.7 Å². The number of benzene rings is 2. The number of para-hydroxylation sites is 1. The molecule has 0 amide bonds. The van der Waals surface area contributed by atoms with E-state index in [9.17, 15) is 26.3 Å². The lowest BCUT2D eigenvalue weighted by atomic mass is 9.74. The molecule has 0 unspecified atom stereocenters. The van der Waals surface area contributed by atoms with Gasteiger partial charge in [0.2, 0.25) is 5.75 Å². The molecular weight excluding hydrogens is 563 g/mol. The van der Waals surface area contributed by atoms with Crippen molar-refractivity contribution in [3.63, 3.8) is 0 Å². The van der Waals surface area contributed by atoms with E-state index in [1.54, 1.807) is 0 Å². The minimum absolute atomic E-state index is 0.130. The normalized spacial score (nSPS) is 25.5. The third kappa shape index (κ3) is 6.54. The summed E-state index contributed by atoms with van der Waals surface area (Å²) in [5, 5.41) is 0. The summed E-state index contributed by atoms with van der Waals surface area (Å²) in [7, 11) is 0. The highest BCUT2D eigenvalue weighted by Crippen LogP contribution is 2.50. The SMILES string of the molecule is CCCCC1CCC(C2=C(F)[C@H](F)[C@](C)(F)C(F)=C2Oc2ccccc2-c2cc(F)c(OC(F)(F)F)c(F)c2)CC1. The number of ether oxygens (including phenoxy) is 2. The van der Waals surface area contributed by atoms with Crippen molar-refractivity contribution in [2.45, 2.75) is 77.0 Å². The molecule has 2 nitrogen and oxygen atoms in total. The number of halogens is 9. The first kappa shape index (κ1) is 30.8. The number of allylic oxidation sites excluding steroid dienone is 3. The van der Waals surface area contributed by atoms with E-state index in [1.807, 2.05) is 0 Å². The Labute approximate surface area is 231 Å². The van der Waals surface area contributed by atoms with Crippen molar-refractivity contribution in [1.82, 2.24) is 0 Å². The Morgan fingerprint density at radius 3 is 2.15 bits per heavy atom. The van der Waals surface area contributed by atoms with E-state index < -0.39 is 64.5 Å². The van der Waals surface area contributed by atoms with Crippen LogP contribution in [-0.2, 0) is 0 Å². The molecule has 1 saturated carbocycles. The second-order valence-corrected chi connectivity index (χ2v) is 10.6. The van der Waals surface area contributed by atoms with Crippen LogP contribution >= 0.6 is 0 Å². The molecule has 2 aliphatic carbocycles. The summed E-state index contributed by atoms with van der Waals surface area (Å²) < 4.78 is 137. The van der Waals surface area contributed by atoms with Crippen molar-refractivity contribution in [2.24, 2.45) is 11.8 Å². The van der Waals surface area contributed by atoms with E-state index in [1.165, 1.54) is 24.3 Å². The van der Waals surface area contributed by atoms with E-state index in [4.69, 9.17) is 4.74 Å². The van der Waals surface area contributed by atoms with Gasteiger partial charge >= 0.3 is 6.36 Å². The van der Waals surface area contributed by atoms with Gasteiger partial charge < -0.3 is 9.47 Å². The largest absolute Gasteiger partial charge is 0.573 e. The molecule has 11 heteroatoms. The fourth-order valence-corrected chi connectivity index (χ4v) is 5.48. The first-order valence-corrected chi connectivity index (χ1v) is 13.4. The Balaban J connectivity index is 1.72. The molecule has 0 aliphatic heterocycles. The third-order valence-corrected chi connectivity index (χ3v) is 7.68. The van der Waals surface area contributed by atoms with Gasteiger partial charge in [0.1, 0.15) is 11.6 Å². The molecule has 1 fully saturated rings. The van der Waals surface area contributed by atoms with Gasteiger partial charge in [0.05, 0.1) is 0 Å². The van der Waals surface area contributed by atoms with Gasteiger partial charge in [-0.1, -0.05) is 44.4 Å². The predicted octanol–water partition coefficient (Wildman–Crippen LogP) is 10.4. The molecule has 0 spiro atoms. The van der Waals surface area contributed by atoms with E-state index in [0.29, 0.717) is 50.7 Å². The van der Waals surface area contributed by atoms with Crippen molar-refractivity contribution in [3.8, 4) is 22.6 Å². The molecule has 0 N–H and O–H groups in total. The zero-order valence-electron chi connectivity index (χ0n) is 22.4. The van der Waals surface area contributed by atoms with E-state index >= 15 is 13.2 Å². The van der Waals surface area contributed by atoms with Crippen LogP contribution < -0.4 is 9.47 Å². The second-order valence-electron chi connectivity index (χ2n) is 10.6. The molecule has 0 saturated heterocycles. The lowest BCUT2D eigenvalue weighted by Crippen LogP contribution is -2.39. The van der Waals surface area contributed by atoms with Crippen molar-refractivity contribution < 1.29 is 49.0 Å². The van der Waals surface area contributed by atoms with E-state index in [0.717, 1.165) is 19.3 Å². The summed E-state index contributed by atoms with van der Waals surface area (Å²) >= 11 is 0. The summed E-state index contributed by atoms with van der Waals surface area (Å²) in [4.78, 5) is 0. The second kappa shape index (κ2) is 12.0. The van der Waals surface area contributed by atoms with Gasteiger partial charge in [-0.05, 0) is 68.2 Å². The van der Waals surface area contributed by atoms with Crippen LogP contribution in [0.5, 0.6) is 11.5 Å². The maximum Gasteiger partial charge on any atom is 0.573 e. The maximum atomic E-state index is 15.6. The zero-order chi connectivity index (χ0) is 30.1. The highest BCUT2D eigenvalue weighted by atomic mass is 19.4.